The first-order valence-corrected chi connectivity index (χ1v) is 8.52. The zero-order valence-corrected chi connectivity index (χ0v) is 14.4. The van der Waals surface area contributed by atoms with Crippen molar-refractivity contribution in [2.24, 2.45) is 0 Å². The zero-order chi connectivity index (χ0) is 17.9. The maximum absolute atomic E-state index is 12.7. The first-order chi connectivity index (χ1) is 11.9. The predicted octanol–water partition coefficient (Wildman–Crippen LogP) is 5.41. The molecule has 0 unspecified atom stereocenters. The van der Waals surface area contributed by atoms with Crippen LogP contribution in [0.1, 0.15) is 22.5 Å². The van der Waals surface area contributed by atoms with Gasteiger partial charge in [-0.3, -0.25) is 0 Å². The molecule has 3 aromatic rings. The van der Waals surface area contributed by atoms with Gasteiger partial charge in [0.2, 0.25) is 5.13 Å². The van der Waals surface area contributed by atoms with Gasteiger partial charge < -0.3 is 5.32 Å². The van der Waals surface area contributed by atoms with Gasteiger partial charge in [0.05, 0.1) is 5.56 Å². The van der Waals surface area contributed by atoms with Crippen molar-refractivity contribution in [1.82, 2.24) is 9.36 Å². The van der Waals surface area contributed by atoms with E-state index in [0.717, 1.165) is 17.7 Å². The van der Waals surface area contributed by atoms with Crippen LogP contribution in [-0.2, 0) is 19.1 Å². The van der Waals surface area contributed by atoms with Crippen LogP contribution in [0.4, 0.5) is 18.3 Å². The second-order valence-electron chi connectivity index (χ2n) is 5.37. The fraction of sp³-hybridized carbons (Fsp3) is 0.176. The fourth-order valence-corrected chi connectivity index (χ4v) is 2.92. The molecule has 0 saturated carbocycles. The number of anilines is 1. The number of halogens is 4. The first kappa shape index (κ1) is 17.7. The molecule has 130 valence electrons. The molecule has 0 aliphatic rings. The van der Waals surface area contributed by atoms with Crippen molar-refractivity contribution in [2.75, 3.05) is 5.32 Å². The SMILES string of the molecule is FC(F)(F)c1cccc(CNc2nc(Cc3ccc(Cl)cc3)ns2)c1. The van der Waals surface area contributed by atoms with E-state index in [0.29, 0.717) is 28.0 Å². The molecule has 0 radical (unpaired) electrons. The Labute approximate surface area is 151 Å². The third kappa shape index (κ3) is 4.93. The summed E-state index contributed by atoms with van der Waals surface area (Å²) in [6, 6.07) is 12.6. The molecule has 1 heterocycles. The Kier molecular flexibility index (Phi) is 5.24. The van der Waals surface area contributed by atoms with Crippen molar-refractivity contribution in [3.05, 3.63) is 76.1 Å². The van der Waals surface area contributed by atoms with Crippen molar-refractivity contribution in [1.29, 1.82) is 0 Å². The van der Waals surface area contributed by atoms with Crippen LogP contribution in [0.15, 0.2) is 48.5 Å². The lowest BCUT2D eigenvalue weighted by molar-refractivity contribution is -0.137. The first-order valence-electron chi connectivity index (χ1n) is 7.37. The molecule has 25 heavy (non-hydrogen) atoms. The Balaban J connectivity index is 1.61. The minimum Gasteiger partial charge on any atom is -0.356 e. The molecule has 0 bridgehead atoms. The standard InChI is InChI=1S/C17H13ClF3N3S/c18-14-6-4-11(5-7-14)9-15-23-16(25-24-15)22-10-12-2-1-3-13(8-12)17(19,20)21/h1-8H,9-10H2,(H,22,23,24). The minimum atomic E-state index is -4.34. The van der Waals surface area contributed by atoms with Gasteiger partial charge in [0.25, 0.3) is 0 Å². The summed E-state index contributed by atoms with van der Waals surface area (Å²) in [4.78, 5) is 4.36. The van der Waals surface area contributed by atoms with Crippen LogP contribution in [0.5, 0.6) is 0 Å². The molecule has 3 nitrogen and oxygen atoms in total. The summed E-state index contributed by atoms with van der Waals surface area (Å²) in [5, 5.41) is 4.25. The van der Waals surface area contributed by atoms with Crippen molar-refractivity contribution < 1.29 is 13.2 Å². The topological polar surface area (TPSA) is 37.8 Å². The van der Waals surface area contributed by atoms with Crippen LogP contribution >= 0.6 is 23.1 Å². The summed E-state index contributed by atoms with van der Waals surface area (Å²) >= 11 is 7.03. The number of alkyl halides is 3. The summed E-state index contributed by atoms with van der Waals surface area (Å²) in [6.07, 6.45) is -3.77. The molecule has 0 atom stereocenters. The van der Waals surface area contributed by atoms with E-state index in [1.807, 2.05) is 12.1 Å². The highest BCUT2D eigenvalue weighted by Gasteiger charge is 2.30. The van der Waals surface area contributed by atoms with Crippen LogP contribution in [0.3, 0.4) is 0 Å². The van der Waals surface area contributed by atoms with E-state index in [-0.39, 0.29) is 6.54 Å². The lowest BCUT2D eigenvalue weighted by atomic mass is 10.1. The van der Waals surface area contributed by atoms with Crippen LogP contribution in [0, 0.1) is 0 Å². The number of nitrogens with zero attached hydrogens (tertiary/aromatic N) is 2. The van der Waals surface area contributed by atoms with Gasteiger partial charge in [-0.15, -0.1) is 0 Å². The number of hydrogen-bond acceptors (Lipinski definition) is 4. The highest BCUT2D eigenvalue weighted by Crippen LogP contribution is 2.29. The quantitative estimate of drug-likeness (QED) is 0.639. The van der Waals surface area contributed by atoms with Gasteiger partial charge in [0, 0.05) is 29.5 Å². The lowest BCUT2D eigenvalue weighted by Crippen LogP contribution is -2.06. The van der Waals surface area contributed by atoms with E-state index in [2.05, 4.69) is 14.7 Å². The van der Waals surface area contributed by atoms with Crippen LogP contribution in [0.25, 0.3) is 0 Å². The second-order valence-corrected chi connectivity index (χ2v) is 6.56. The molecule has 1 aromatic heterocycles. The highest BCUT2D eigenvalue weighted by atomic mass is 35.5. The Morgan fingerprint density at radius 3 is 2.52 bits per heavy atom. The third-order valence-electron chi connectivity index (χ3n) is 3.44. The van der Waals surface area contributed by atoms with E-state index in [1.165, 1.54) is 17.6 Å². The number of benzene rings is 2. The Hall–Kier alpha value is -2.12. The normalized spacial score (nSPS) is 11.5. The smallest absolute Gasteiger partial charge is 0.356 e. The Morgan fingerprint density at radius 2 is 1.80 bits per heavy atom. The summed E-state index contributed by atoms with van der Waals surface area (Å²) in [6.45, 7) is 0.250. The molecule has 0 amide bonds. The van der Waals surface area contributed by atoms with Gasteiger partial charge in [-0.1, -0.05) is 35.9 Å². The molecule has 1 N–H and O–H groups in total. The molecule has 0 fully saturated rings. The van der Waals surface area contributed by atoms with Crippen molar-refractivity contribution >= 4 is 28.3 Å². The molecule has 0 saturated heterocycles. The summed E-state index contributed by atoms with van der Waals surface area (Å²) < 4.78 is 42.4. The van der Waals surface area contributed by atoms with Gasteiger partial charge in [0.15, 0.2) is 0 Å². The summed E-state index contributed by atoms with van der Waals surface area (Å²) in [7, 11) is 0. The third-order valence-corrected chi connectivity index (χ3v) is 4.40. The highest BCUT2D eigenvalue weighted by molar-refractivity contribution is 7.09. The average Bonchev–Trinajstić information content (AvgIpc) is 3.02. The number of aromatic nitrogens is 2. The largest absolute Gasteiger partial charge is 0.416 e. The minimum absolute atomic E-state index is 0.250. The molecule has 0 aliphatic carbocycles. The monoisotopic (exact) mass is 383 g/mol. The summed E-state index contributed by atoms with van der Waals surface area (Å²) in [5.74, 6) is 0.652. The van der Waals surface area contributed by atoms with E-state index < -0.39 is 11.7 Å². The zero-order valence-electron chi connectivity index (χ0n) is 12.8. The van der Waals surface area contributed by atoms with Crippen molar-refractivity contribution in [3.8, 4) is 0 Å². The van der Waals surface area contributed by atoms with Crippen LogP contribution in [0.2, 0.25) is 5.02 Å². The number of hydrogen-bond donors (Lipinski definition) is 1. The van der Waals surface area contributed by atoms with Gasteiger partial charge in [-0.05, 0) is 35.4 Å². The molecule has 2 aromatic carbocycles. The van der Waals surface area contributed by atoms with Crippen molar-refractivity contribution in [2.45, 2.75) is 19.1 Å². The van der Waals surface area contributed by atoms with Crippen LogP contribution in [-0.4, -0.2) is 9.36 Å². The van der Waals surface area contributed by atoms with E-state index >= 15 is 0 Å². The van der Waals surface area contributed by atoms with Crippen LogP contribution < -0.4 is 5.32 Å². The number of nitrogens with one attached hydrogen (secondary N) is 1. The molecule has 8 heteroatoms. The van der Waals surface area contributed by atoms with Gasteiger partial charge in [0.1, 0.15) is 5.82 Å². The van der Waals surface area contributed by atoms with Gasteiger partial charge >= 0.3 is 6.18 Å². The maximum Gasteiger partial charge on any atom is 0.416 e. The second kappa shape index (κ2) is 7.41. The van der Waals surface area contributed by atoms with E-state index in [1.54, 1.807) is 18.2 Å². The molecule has 0 aliphatic heterocycles. The lowest BCUT2D eigenvalue weighted by Gasteiger charge is -2.08. The molecular formula is C17H13ClF3N3S. The molecule has 3 rings (SSSR count). The van der Waals surface area contributed by atoms with E-state index in [4.69, 9.17) is 11.6 Å². The Morgan fingerprint density at radius 1 is 1.04 bits per heavy atom. The Bertz CT molecular complexity index is 847. The van der Waals surface area contributed by atoms with Gasteiger partial charge in [-0.25, -0.2) is 4.98 Å². The van der Waals surface area contributed by atoms with E-state index in [9.17, 15) is 13.2 Å². The average molecular weight is 384 g/mol. The number of rotatable bonds is 5. The predicted molar refractivity (Wildman–Crippen MR) is 92.9 cm³/mol. The van der Waals surface area contributed by atoms with Gasteiger partial charge in [-0.2, -0.15) is 17.5 Å². The fourth-order valence-electron chi connectivity index (χ4n) is 2.22. The molecule has 0 spiro atoms. The molecular weight excluding hydrogens is 371 g/mol. The maximum atomic E-state index is 12.7. The van der Waals surface area contributed by atoms with Crippen molar-refractivity contribution in [3.63, 3.8) is 0 Å². The summed E-state index contributed by atoms with van der Waals surface area (Å²) in [5.41, 5.74) is 0.906.